The van der Waals surface area contributed by atoms with Gasteiger partial charge >= 0.3 is 0 Å². The summed E-state index contributed by atoms with van der Waals surface area (Å²) in [5.74, 6) is 0.0263. The normalized spacial score (nSPS) is 11.7. The van der Waals surface area contributed by atoms with Crippen molar-refractivity contribution in [3.63, 3.8) is 0 Å². The van der Waals surface area contributed by atoms with Gasteiger partial charge in [0.1, 0.15) is 0 Å². The molecule has 0 atom stereocenters. The topological polar surface area (TPSA) is 67.2 Å². The molecule has 0 fully saturated rings. The van der Waals surface area contributed by atoms with Gasteiger partial charge < -0.3 is 10.4 Å². The van der Waals surface area contributed by atoms with E-state index in [1.807, 2.05) is 25.6 Å². The van der Waals surface area contributed by atoms with E-state index in [-0.39, 0.29) is 17.9 Å². The number of amides is 1. The van der Waals surface area contributed by atoms with Crippen LogP contribution >= 0.6 is 0 Å². The van der Waals surface area contributed by atoms with Crippen LogP contribution < -0.4 is 5.32 Å². The van der Waals surface area contributed by atoms with Crippen LogP contribution in [0.5, 0.6) is 0 Å². The predicted molar refractivity (Wildman–Crippen MR) is 84.1 cm³/mol. The summed E-state index contributed by atoms with van der Waals surface area (Å²) in [5.41, 5.74) is 2.97. The predicted octanol–water partition coefficient (Wildman–Crippen LogP) is 1.88. The van der Waals surface area contributed by atoms with E-state index in [4.69, 9.17) is 0 Å². The highest BCUT2D eigenvalue weighted by Gasteiger charge is 2.26. The average molecular weight is 295 g/mol. The van der Waals surface area contributed by atoms with Crippen LogP contribution in [-0.2, 0) is 18.3 Å². The first-order chi connectivity index (χ1) is 9.89. The van der Waals surface area contributed by atoms with Crippen molar-refractivity contribution in [2.75, 3.05) is 13.2 Å². The van der Waals surface area contributed by atoms with Gasteiger partial charge in [0, 0.05) is 31.5 Å². The van der Waals surface area contributed by atoms with Crippen molar-refractivity contribution in [2.45, 2.75) is 53.4 Å². The Bertz CT molecular complexity index is 476. The summed E-state index contributed by atoms with van der Waals surface area (Å²) in [4.78, 5) is 12.2. The number of hydrogen-bond donors (Lipinski definition) is 2. The van der Waals surface area contributed by atoms with Crippen molar-refractivity contribution < 1.29 is 9.90 Å². The Hall–Kier alpha value is -1.36. The summed E-state index contributed by atoms with van der Waals surface area (Å²) >= 11 is 0. The molecule has 0 saturated carbocycles. The van der Waals surface area contributed by atoms with Crippen LogP contribution in [0.1, 0.15) is 50.1 Å². The van der Waals surface area contributed by atoms with Gasteiger partial charge in [-0.25, -0.2) is 0 Å². The molecule has 0 aliphatic heterocycles. The third-order valence-electron chi connectivity index (χ3n) is 4.80. The Balaban J connectivity index is 2.65. The Labute approximate surface area is 127 Å². The van der Waals surface area contributed by atoms with Crippen LogP contribution in [0.2, 0.25) is 0 Å². The standard InChI is InChI=1S/C16H29N3O2/c1-6-16(7-2,8-9-20)11-17-15(21)10-14-12(3)18-19(5)13(14)4/h20H,6-11H2,1-5H3,(H,17,21). The first-order valence-corrected chi connectivity index (χ1v) is 7.75. The van der Waals surface area contributed by atoms with Gasteiger partial charge in [-0.2, -0.15) is 5.10 Å². The zero-order valence-electron chi connectivity index (χ0n) is 14.0. The molecule has 0 aliphatic carbocycles. The fourth-order valence-corrected chi connectivity index (χ4v) is 2.76. The first-order valence-electron chi connectivity index (χ1n) is 7.75. The van der Waals surface area contributed by atoms with Crippen molar-refractivity contribution in [3.8, 4) is 0 Å². The number of aryl methyl sites for hydroxylation is 2. The summed E-state index contributed by atoms with van der Waals surface area (Å²) in [6.07, 6.45) is 3.00. The van der Waals surface area contributed by atoms with Crippen molar-refractivity contribution >= 4 is 5.91 Å². The van der Waals surface area contributed by atoms with Crippen LogP contribution in [-0.4, -0.2) is 33.9 Å². The van der Waals surface area contributed by atoms with Gasteiger partial charge in [-0.3, -0.25) is 9.48 Å². The molecule has 0 bridgehead atoms. The molecule has 0 saturated heterocycles. The van der Waals surface area contributed by atoms with Gasteiger partial charge in [-0.05, 0) is 38.5 Å². The number of aliphatic hydroxyl groups is 1. The maximum absolute atomic E-state index is 12.2. The van der Waals surface area contributed by atoms with Gasteiger partial charge in [0.05, 0.1) is 12.1 Å². The van der Waals surface area contributed by atoms with E-state index in [9.17, 15) is 9.90 Å². The molecule has 0 spiro atoms. The van der Waals surface area contributed by atoms with Crippen LogP contribution in [0.4, 0.5) is 0 Å². The zero-order chi connectivity index (χ0) is 16.0. The van der Waals surface area contributed by atoms with Crippen molar-refractivity contribution in [1.82, 2.24) is 15.1 Å². The smallest absolute Gasteiger partial charge is 0.224 e. The van der Waals surface area contributed by atoms with Crippen LogP contribution in [0, 0.1) is 19.3 Å². The van der Waals surface area contributed by atoms with E-state index in [1.54, 1.807) is 0 Å². The minimum atomic E-state index is 0.00341. The molecule has 1 rings (SSSR count). The quantitative estimate of drug-likeness (QED) is 0.769. The molecule has 0 unspecified atom stereocenters. The second kappa shape index (κ2) is 7.59. The number of nitrogens with one attached hydrogen (secondary N) is 1. The van der Waals surface area contributed by atoms with E-state index >= 15 is 0 Å². The lowest BCUT2D eigenvalue weighted by Gasteiger charge is -2.31. The molecule has 21 heavy (non-hydrogen) atoms. The SMILES string of the molecule is CCC(CC)(CCO)CNC(=O)Cc1c(C)nn(C)c1C. The summed E-state index contributed by atoms with van der Waals surface area (Å²) in [6.45, 7) is 8.93. The minimum Gasteiger partial charge on any atom is -0.396 e. The van der Waals surface area contributed by atoms with E-state index in [0.29, 0.717) is 13.0 Å². The minimum absolute atomic E-state index is 0.00341. The van der Waals surface area contributed by atoms with Crippen LogP contribution in [0.25, 0.3) is 0 Å². The Morgan fingerprint density at radius 2 is 1.95 bits per heavy atom. The molecular formula is C16H29N3O2. The lowest BCUT2D eigenvalue weighted by Crippen LogP contribution is -2.38. The molecular weight excluding hydrogens is 266 g/mol. The molecule has 1 heterocycles. The van der Waals surface area contributed by atoms with E-state index < -0.39 is 0 Å². The van der Waals surface area contributed by atoms with Gasteiger partial charge in [0.25, 0.3) is 0 Å². The zero-order valence-corrected chi connectivity index (χ0v) is 14.0. The van der Waals surface area contributed by atoms with Gasteiger partial charge in [-0.1, -0.05) is 13.8 Å². The lowest BCUT2D eigenvalue weighted by molar-refractivity contribution is -0.121. The number of hydrogen-bond acceptors (Lipinski definition) is 3. The molecule has 0 radical (unpaired) electrons. The molecule has 120 valence electrons. The summed E-state index contributed by atoms with van der Waals surface area (Å²) in [6, 6.07) is 0. The second-order valence-electron chi connectivity index (χ2n) is 5.91. The maximum atomic E-state index is 12.2. The molecule has 2 N–H and O–H groups in total. The third kappa shape index (κ3) is 4.30. The molecule has 1 aromatic rings. The molecule has 5 nitrogen and oxygen atoms in total. The van der Waals surface area contributed by atoms with E-state index in [0.717, 1.165) is 36.2 Å². The van der Waals surface area contributed by atoms with Crippen molar-refractivity contribution in [3.05, 3.63) is 17.0 Å². The van der Waals surface area contributed by atoms with Gasteiger partial charge in [-0.15, -0.1) is 0 Å². The fourth-order valence-electron chi connectivity index (χ4n) is 2.76. The average Bonchev–Trinajstić information content (AvgIpc) is 2.70. The monoisotopic (exact) mass is 295 g/mol. The number of carbonyl (C=O) groups excluding carboxylic acids is 1. The first kappa shape index (κ1) is 17.7. The summed E-state index contributed by atoms with van der Waals surface area (Å²) in [7, 11) is 1.89. The number of carbonyl (C=O) groups is 1. The van der Waals surface area contributed by atoms with Gasteiger partial charge in [0.2, 0.25) is 5.91 Å². The Kier molecular flexibility index (Phi) is 6.40. The lowest BCUT2D eigenvalue weighted by atomic mass is 9.79. The summed E-state index contributed by atoms with van der Waals surface area (Å²) in [5, 5.41) is 16.6. The van der Waals surface area contributed by atoms with E-state index in [1.165, 1.54) is 0 Å². The van der Waals surface area contributed by atoms with Crippen LogP contribution in [0.3, 0.4) is 0 Å². The second-order valence-corrected chi connectivity index (χ2v) is 5.91. The Morgan fingerprint density at radius 3 is 2.38 bits per heavy atom. The Morgan fingerprint density at radius 1 is 1.33 bits per heavy atom. The third-order valence-corrected chi connectivity index (χ3v) is 4.80. The van der Waals surface area contributed by atoms with E-state index in [2.05, 4.69) is 24.3 Å². The molecule has 1 aromatic heterocycles. The van der Waals surface area contributed by atoms with Crippen molar-refractivity contribution in [2.24, 2.45) is 12.5 Å². The number of rotatable bonds is 8. The maximum Gasteiger partial charge on any atom is 0.224 e. The number of aromatic nitrogens is 2. The van der Waals surface area contributed by atoms with Gasteiger partial charge in [0.15, 0.2) is 0 Å². The number of nitrogens with zero attached hydrogens (tertiary/aromatic N) is 2. The highest BCUT2D eigenvalue weighted by Crippen LogP contribution is 2.29. The highest BCUT2D eigenvalue weighted by molar-refractivity contribution is 5.79. The largest absolute Gasteiger partial charge is 0.396 e. The van der Waals surface area contributed by atoms with Crippen molar-refractivity contribution in [1.29, 1.82) is 0 Å². The molecule has 0 aliphatic rings. The summed E-state index contributed by atoms with van der Waals surface area (Å²) < 4.78 is 1.81. The molecule has 1 amide bonds. The highest BCUT2D eigenvalue weighted by atomic mass is 16.3. The van der Waals surface area contributed by atoms with Crippen LogP contribution in [0.15, 0.2) is 0 Å². The molecule has 0 aromatic carbocycles. The number of aliphatic hydroxyl groups excluding tert-OH is 1. The fraction of sp³-hybridized carbons (Fsp3) is 0.750. The molecule has 5 heteroatoms.